The van der Waals surface area contributed by atoms with Crippen molar-refractivity contribution in [2.75, 3.05) is 31.1 Å². The Bertz CT molecular complexity index is 1390. The van der Waals surface area contributed by atoms with Crippen molar-refractivity contribution in [2.45, 2.75) is 37.7 Å². The number of nitrogens with zero attached hydrogens (tertiary/aromatic N) is 4. The summed E-state index contributed by atoms with van der Waals surface area (Å²) in [5.74, 6) is -0.455. The number of alkyl halides is 3. The molecule has 0 radical (unpaired) electrons. The first-order chi connectivity index (χ1) is 16.9. The van der Waals surface area contributed by atoms with Crippen molar-refractivity contribution in [1.82, 2.24) is 14.9 Å². The number of hydrogen-bond acceptors (Lipinski definition) is 7. The van der Waals surface area contributed by atoms with E-state index < -0.39 is 34.2 Å². The summed E-state index contributed by atoms with van der Waals surface area (Å²) in [5.41, 5.74) is 0.827. The first kappa shape index (κ1) is 25.3. The van der Waals surface area contributed by atoms with Crippen molar-refractivity contribution in [3.63, 3.8) is 0 Å². The minimum Gasteiger partial charge on any atom is -0.355 e. The molecule has 1 atom stereocenters. The fraction of sp³-hybridized carbons (Fsp3) is 0.478. The molecule has 0 amide bonds. The van der Waals surface area contributed by atoms with Crippen molar-refractivity contribution in [1.29, 1.82) is 0 Å². The Morgan fingerprint density at radius 1 is 1.11 bits per heavy atom. The maximum atomic E-state index is 14.4. The van der Waals surface area contributed by atoms with E-state index >= 15 is 0 Å². The van der Waals surface area contributed by atoms with Gasteiger partial charge < -0.3 is 4.90 Å². The molecule has 2 saturated heterocycles. The molecule has 1 aromatic carbocycles. The highest BCUT2D eigenvalue weighted by Crippen LogP contribution is 2.43. The Labute approximate surface area is 210 Å². The molecule has 2 fully saturated rings. The monoisotopic (exact) mass is 543 g/mol. The Morgan fingerprint density at radius 2 is 1.89 bits per heavy atom. The smallest absolute Gasteiger partial charge is 0.355 e. The molecule has 3 aromatic rings. The molecule has 5 rings (SSSR count). The van der Waals surface area contributed by atoms with E-state index in [0.717, 1.165) is 55.9 Å². The van der Waals surface area contributed by atoms with E-state index in [9.17, 15) is 26.0 Å². The van der Waals surface area contributed by atoms with E-state index in [4.69, 9.17) is 5.14 Å². The second-order valence-corrected chi connectivity index (χ2v) is 12.5. The van der Waals surface area contributed by atoms with Crippen LogP contribution in [0.2, 0.25) is 0 Å². The number of halogens is 4. The van der Waals surface area contributed by atoms with Gasteiger partial charge in [0.1, 0.15) is 22.8 Å². The van der Waals surface area contributed by atoms with Gasteiger partial charge in [0.15, 0.2) is 0 Å². The zero-order valence-corrected chi connectivity index (χ0v) is 20.9. The fourth-order valence-corrected chi connectivity index (χ4v) is 7.01. The van der Waals surface area contributed by atoms with Crippen LogP contribution >= 0.6 is 11.3 Å². The second kappa shape index (κ2) is 9.19. The molecule has 1 unspecified atom stereocenters. The van der Waals surface area contributed by atoms with E-state index in [0.29, 0.717) is 22.6 Å². The largest absolute Gasteiger partial charge is 0.393 e. The SMILES string of the molecule is NS(=O)(=O)Cc1ccc(CN2CCC3(CCN(c4ncnc5sc(CC(F)(F)F)cc45)C3)C2)cc1F. The van der Waals surface area contributed by atoms with Gasteiger partial charge in [-0.1, -0.05) is 12.1 Å². The minimum absolute atomic E-state index is 0.0220. The van der Waals surface area contributed by atoms with E-state index in [1.807, 2.05) is 0 Å². The highest BCUT2D eigenvalue weighted by Gasteiger charge is 2.44. The highest BCUT2D eigenvalue weighted by atomic mass is 32.2. The Morgan fingerprint density at radius 3 is 2.61 bits per heavy atom. The number of fused-ring (bicyclic) bond motifs is 1. The number of thiophene rings is 1. The molecule has 7 nitrogen and oxygen atoms in total. The summed E-state index contributed by atoms with van der Waals surface area (Å²) in [7, 11) is -3.81. The number of hydrogen-bond donors (Lipinski definition) is 1. The van der Waals surface area contributed by atoms with Gasteiger partial charge in [0.25, 0.3) is 0 Å². The van der Waals surface area contributed by atoms with E-state index in [1.165, 1.54) is 18.5 Å². The Hall–Kier alpha value is -2.35. The maximum Gasteiger partial charge on any atom is 0.393 e. The molecule has 2 aliphatic rings. The van der Waals surface area contributed by atoms with Crippen LogP contribution in [0.15, 0.2) is 30.6 Å². The average molecular weight is 544 g/mol. The van der Waals surface area contributed by atoms with Gasteiger partial charge in [-0.15, -0.1) is 11.3 Å². The third kappa shape index (κ3) is 5.63. The fourth-order valence-electron chi connectivity index (χ4n) is 5.32. The predicted octanol–water partition coefficient (Wildman–Crippen LogP) is 3.83. The molecule has 0 aliphatic carbocycles. The summed E-state index contributed by atoms with van der Waals surface area (Å²) in [5, 5.41) is 5.68. The van der Waals surface area contributed by atoms with Gasteiger partial charge in [0.05, 0.1) is 17.6 Å². The van der Waals surface area contributed by atoms with Crippen molar-refractivity contribution in [3.05, 3.63) is 52.4 Å². The molecule has 0 bridgehead atoms. The number of nitrogens with two attached hydrogens (primary N) is 1. The van der Waals surface area contributed by atoms with Crippen molar-refractivity contribution < 1.29 is 26.0 Å². The number of sulfonamides is 1. The van der Waals surface area contributed by atoms with Crippen LogP contribution in [0.5, 0.6) is 0 Å². The molecule has 36 heavy (non-hydrogen) atoms. The van der Waals surface area contributed by atoms with Crippen LogP contribution in [0.1, 0.15) is 28.8 Å². The molecule has 4 heterocycles. The maximum absolute atomic E-state index is 14.4. The van der Waals surface area contributed by atoms with Gasteiger partial charge in [0, 0.05) is 42.0 Å². The van der Waals surface area contributed by atoms with E-state index in [1.54, 1.807) is 12.1 Å². The quantitative estimate of drug-likeness (QED) is 0.476. The molecular formula is C23H25F4N5O2S2. The zero-order chi connectivity index (χ0) is 25.7. The predicted molar refractivity (Wildman–Crippen MR) is 130 cm³/mol. The van der Waals surface area contributed by atoms with Gasteiger partial charge in [-0.25, -0.2) is 27.9 Å². The summed E-state index contributed by atoms with van der Waals surface area (Å²) in [6.07, 6.45) is -1.96. The number of aromatic nitrogens is 2. The number of benzene rings is 1. The normalized spacial score (nSPS) is 21.3. The Kier molecular flexibility index (Phi) is 6.46. The second-order valence-electron chi connectivity index (χ2n) is 9.79. The van der Waals surface area contributed by atoms with Crippen LogP contribution in [-0.4, -0.2) is 55.6 Å². The summed E-state index contributed by atoms with van der Waals surface area (Å²) < 4.78 is 75.5. The molecule has 13 heteroatoms. The number of primary sulfonamides is 1. The van der Waals surface area contributed by atoms with Crippen molar-refractivity contribution >= 4 is 37.4 Å². The zero-order valence-electron chi connectivity index (χ0n) is 19.3. The van der Waals surface area contributed by atoms with Gasteiger partial charge in [-0.2, -0.15) is 13.2 Å². The third-order valence-electron chi connectivity index (χ3n) is 6.87. The topological polar surface area (TPSA) is 92.4 Å². The Balaban J connectivity index is 1.26. The lowest BCUT2D eigenvalue weighted by Gasteiger charge is -2.25. The van der Waals surface area contributed by atoms with Crippen LogP contribution in [0.25, 0.3) is 10.2 Å². The lowest BCUT2D eigenvalue weighted by molar-refractivity contribution is -0.126. The molecule has 0 saturated carbocycles. The first-order valence-corrected chi connectivity index (χ1v) is 14.0. The number of likely N-dealkylation sites (tertiary alicyclic amines) is 1. The molecule has 2 aliphatic heterocycles. The lowest BCUT2D eigenvalue weighted by atomic mass is 9.86. The molecule has 2 aromatic heterocycles. The number of anilines is 1. The molecule has 194 valence electrons. The highest BCUT2D eigenvalue weighted by molar-refractivity contribution is 7.88. The summed E-state index contributed by atoms with van der Waals surface area (Å²) >= 11 is 1.05. The summed E-state index contributed by atoms with van der Waals surface area (Å²) in [6, 6.07) is 6.11. The van der Waals surface area contributed by atoms with Gasteiger partial charge in [-0.3, -0.25) is 4.90 Å². The van der Waals surface area contributed by atoms with E-state index in [2.05, 4.69) is 19.8 Å². The summed E-state index contributed by atoms with van der Waals surface area (Å²) in [4.78, 5) is 13.8. The number of rotatable bonds is 6. The van der Waals surface area contributed by atoms with Gasteiger partial charge in [0.2, 0.25) is 10.0 Å². The standard InChI is InChI=1S/C23H25F4N5O2S2/c24-19-7-15(1-2-16(19)11-36(28,33)34)10-31-5-3-22(12-31)4-6-32(13-22)20-18-8-17(9-23(25,26)27)35-21(18)30-14-29-20/h1-2,7-8,14H,3-6,9-13H2,(H2,28,33,34). The van der Waals surface area contributed by atoms with Gasteiger partial charge in [-0.05, 0) is 37.1 Å². The van der Waals surface area contributed by atoms with Crippen LogP contribution in [0.4, 0.5) is 23.4 Å². The van der Waals surface area contributed by atoms with Crippen LogP contribution in [-0.2, 0) is 28.7 Å². The molecule has 1 spiro atoms. The molecule has 2 N–H and O–H groups in total. The van der Waals surface area contributed by atoms with Gasteiger partial charge >= 0.3 is 6.18 Å². The van der Waals surface area contributed by atoms with Crippen molar-refractivity contribution in [2.24, 2.45) is 10.6 Å². The minimum atomic E-state index is -4.27. The van der Waals surface area contributed by atoms with E-state index in [-0.39, 0.29) is 15.9 Å². The molecular weight excluding hydrogens is 518 g/mol. The van der Waals surface area contributed by atoms with Crippen LogP contribution in [0.3, 0.4) is 0 Å². The van der Waals surface area contributed by atoms with Crippen molar-refractivity contribution in [3.8, 4) is 0 Å². The first-order valence-electron chi connectivity index (χ1n) is 11.4. The lowest BCUT2D eigenvalue weighted by Crippen LogP contribution is -2.31. The summed E-state index contributed by atoms with van der Waals surface area (Å²) in [6.45, 7) is 3.67. The average Bonchev–Trinajstić information content (AvgIpc) is 3.46. The van der Waals surface area contributed by atoms with Crippen LogP contribution in [0, 0.1) is 11.2 Å². The third-order valence-corrected chi connectivity index (χ3v) is 8.63. The van der Waals surface area contributed by atoms with Crippen LogP contribution < -0.4 is 10.0 Å².